The number of hydrogen-bond donors (Lipinski definition) is 0. The van der Waals surface area contributed by atoms with Gasteiger partial charge in [0.25, 0.3) is 0 Å². The second-order valence-electron chi connectivity index (χ2n) is 7.24. The predicted octanol–water partition coefficient (Wildman–Crippen LogP) is 2.94. The zero-order valence-electron chi connectivity index (χ0n) is 13.8. The first kappa shape index (κ1) is 16.1. The molecule has 1 heterocycles. The summed E-state index contributed by atoms with van der Waals surface area (Å²) in [5.41, 5.74) is -0.250. The topological polar surface area (TPSA) is 41.5 Å². The van der Waals surface area contributed by atoms with E-state index in [1.54, 1.807) is 0 Å². The maximum absolute atomic E-state index is 12.7. The van der Waals surface area contributed by atoms with Crippen molar-refractivity contribution in [1.82, 2.24) is 0 Å². The van der Waals surface area contributed by atoms with E-state index >= 15 is 0 Å². The summed E-state index contributed by atoms with van der Waals surface area (Å²) in [4.78, 5) is 0. The highest BCUT2D eigenvalue weighted by Gasteiger charge is 2.53. The molecule has 21 heavy (non-hydrogen) atoms. The second kappa shape index (κ2) is 4.89. The molecule has 0 N–H and O–H groups in total. The van der Waals surface area contributed by atoms with Crippen molar-refractivity contribution in [3.05, 3.63) is 47.7 Å². The monoisotopic (exact) mass is 287 g/mol. The van der Waals surface area contributed by atoms with Gasteiger partial charge in [-0.2, -0.15) is 0 Å². The normalized spacial score (nSPS) is 23.0. The predicted molar refractivity (Wildman–Crippen MR) is 84.3 cm³/mol. The van der Waals surface area contributed by atoms with E-state index in [1.807, 2.05) is 65.8 Å². The van der Waals surface area contributed by atoms with Crippen LogP contribution < -0.4 is 5.11 Å². The van der Waals surface area contributed by atoms with Crippen LogP contribution in [0.25, 0.3) is 0 Å². The largest absolute Gasteiger partial charge is 0.874 e. The summed E-state index contributed by atoms with van der Waals surface area (Å²) in [7, 11) is -0.566. The van der Waals surface area contributed by atoms with E-state index in [0.29, 0.717) is 11.0 Å². The summed E-state index contributed by atoms with van der Waals surface area (Å²) < 4.78 is 12.0. The van der Waals surface area contributed by atoms with Crippen LogP contribution in [0.1, 0.15) is 41.5 Å². The summed E-state index contributed by atoms with van der Waals surface area (Å²) in [5, 5.41) is 12.7. The fourth-order valence-electron chi connectivity index (χ4n) is 2.31. The van der Waals surface area contributed by atoms with E-state index in [1.165, 1.54) is 0 Å². The lowest BCUT2D eigenvalue weighted by atomic mass is 9.63. The number of hydrogen-bond acceptors (Lipinski definition) is 3. The first-order chi connectivity index (χ1) is 9.49. The zero-order chi connectivity index (χ0) is 16.1. The summed E-state index contributed by atoms with van der Waals surface area (Å²) >= 11 is 0. The Morgan fingerprint density at radius 3 is 1.95 bits per heavy atom. The molecular weight excluding hydrogens is 263 g/mol. The standard InChI is InChI=1S/C17H25BO3/c1-12(18-20-16(4,5)17(6,7)21-18)15(2,3)14(19)13-10-8-9-11-13/h8-11,19H,1H2,2-7H3/p-1. The summed E-state index contributed by atoms with van der Waals surface area (Å²) in [6.07, 6.45) is 7.37. The Morgan fingerprint density at radius 2 is 1.52 bits per heavy atom. The van der Waals surface area contributed by atoms with Gasteiger partial charge in [0.05, 0.1) is 11.2 Å². The molecule has 0 spiro atoms. The van der Waals surface area contributed by atoms with Gasteiger partial charge in [-0.05, 0) is 44.2 Å². The SMILES string of the molecule is C=C(B1OC(C)(C)C(C)(C)O1)C(C)(C)C([O-])=C1C=CC=C1. The molecule has 0 saturated carbocycles. The third-order valence-corrected chi connectivity index (χ3v) is 4.83. The van der Waals surface area contributed by atoms with Gasteiger partial charge in [0.15, 0.2) is 0 Å². The maximum atomic E-state index is 12.7. The Hall–Kier alpha value is -1.26. The molecular formula is C17H24BO3-. The lowest BCUT2D eigenvalue weighted by Gasteiger charge is -2.36. The van der Waals surface area contributed by atoms with Crippen LogP contribution in [0.4, 0.5) is 0 Å². The fraction of sp³-hybridized carbons (Fsp3) is 0.529. The van der Waals surface area contributed by atoms with Crippen LogP contribution in [-0.4, -0.2) is 18.3 Å². The van der Waals surface area contributed by atoms with E-state index in [-0.39, 0.29) is 5.76 Å². The highest BCUT2D eigenvalue weighted by Crippen LogP contribution is 2.43. The Labute approximate surface area is 128 Å². The van der Waals surface area contributed by atoms with Gasteiger partial charge in [-0.25, -0.2) is 0 Å². The second-order valence-corrected chi connectivity index (χ2v) is 7.24. The van der Waals surface area contributed by atoms with E-state index in [2.05, 4.69) is 6.58 Å². The van der Waals surface area contributed by atoms with Crippen LogP contribution in [0.5, 0.6) is 0 Å². The highest BCUT2D eigenvalue weighted by molar-refractivity contribution is 6.55. The van der Waals surface area contributed by atoms with Crippen molar-refractivity contribution in [2.75, 3.05) is 0 Å². The molecule has 1 fully saturated rings. The van der Waals surface area contributed by atoms with Gasteiger partial charge in [-0.3, -0.25) is 0 Å². The summed E-state index contributed by atoms with van der Waals surface area (Å²) in [6, 6.07) is 0. The van der Waals surface area contributed by atoms with Crippen molar-refractivity contribution in [1.29, 1.82) is 0 Å². The van der Waals surface area contributed by atoms with E-state index in [4.69, 9.17) is 9.31 Å². The van der Waals surface area contributed by atoms with E-state index in [9.17, 15) is 5.11 Å². The molecule has 0 unspecified atom stereocenters. The molecule has 4 heteroatoms. The van der Waals surface area contributed by atoms with Crippen molar-refractivity contribution in [2.45, 2.75) is 52.7 Å². The molecule has 114 valence electrons. The van der Waals surface area contributed by atoms with Gasteiger partial charge < -0.3 is 14.4 Å². The quantitative estimate of drug-likeness (QED) is 0.592. The molecule has 0 aromatic carbocycles. The molecule has 0 radical (unpaired) electrons. The average Bonchev–Trinajstić information content (AvgIpc) is 2.94. The lowest BCUT2D eigenvalue weighted by Crippen LogP contribution is -2.41. The Bertz CT molecular complexity index is 520. The van der Waals surface area contributed by atoms with Crippen LogP contribution in [0.2, 0.25) is 0 Å². The fourth-order valence-corrected chi connectivity index (χ4v) is 2.31. The molecule has 1 aliphatic heterocycles. The van der Waals surface area contributed by atoms with Crippen molar-refractivity contribution in [3.63, 3.8) is 0 Å². The molecule has 0 aromatic heterocycles. The molecule has 2 aliphatic rings. The van der Waals surface area contributed by atoms with Crippen LogP contribution in [0, 0.1) is 5.41 Å². The van der Waals surface area contributed by atoms with Crippen molar-refractivity contribution < 1.29 is 14.4 Å². The first-order valence-electron chi connectivity index (χ1n) is 7.30. The van der Waals surface area contributed by atoms with Crippen LogP contribution >= 0.6 is 0 Å². The van der Waals surface area contributed by atoms with Gasteiger partial charge in [-0.1, -0.05) is 38.2 Å². The number of allylic oxidation sites excluding steroid dienone is 6. The molecule has 3 nitrogen and oxygen atoms in total. The Kier molecular flexibility index (Phi) is 3.75. The molecule has 1 aliphatic carbocycles. The summed E-state index contributed by atoms with van der Waals surface area (Å²) in [5.74, 6) is 0.0345. The molecule has 2 rings (SSSR count). The molecule has 0 amide bonds. The Morgan fingerprint density at radius 1 is 1.10 bits per heavy atom. The van der Waals surface area contributed by atoms with Gasteiger partial charge in [-0.15, -0.1) is 12.3 Å². The van der Waals surface area contributed by atoms with Crippen molar-refractivity contribution >= 4 is 7.12 Å². The van der Waals surface area contributed by atoms with Gasteiger partial charge in [0.1, 0.15) is 0 Å². The van der Waals surface area contributed by atoms with Crippen molar-refractivity contribution in [3.8, 4) is 0 Å². The average molecular weight is 287 g/mol. The molecule has 0 atom stereocenters. The van der Waals surface area contributed by atoms with Crippen LogP contribution in [-0.2, 0) is 9.31 Å². The smallest absolute Gasteiger partial charge is 0.490 e. The van der Waals surface area contributed by atoms with Gasteiger partial charge in [0, 0.05) is 0 Å². The van der Waals surface area contributed by atoms with E-state index in [0.717, 1.165) is 0 Å². The molecule has 0 bridgehead atoms. The lowest BCUT2D eigenvalue weighted by molar-refractivity contribution is -0.321. The third-order valence-electron chi connectivity index (χ3n) is 4.83. The first-order valence-corrected chi connectivity index (χ1v) is 7.30. The third kappa shape index (κ3) is 2.63. The highest BCUT2D eigenvalue weighted by atomic mass is 16.7. The maximum Gasteiger partial charge on any atom is 0.490 e. The van der Waals surface area contributed by atoms with Gasteiger partial charge in [0.2, 0.25) is 0 Å². The van der Waals surface area contributed by atoms with Gasteiger partial charge >= 0.3 is 7.12 Å². The van der Waals surface area contributed by atoms with Crippen molar-refractivity contribution in [2.24, 2.45) is 5.41 Å². The minimum Gasteiger partial charge on any atom is -0.874 e. The molecule has 1 saturated heterocycles. The minimum absolute atomic E-state index is 0.0345. The zero-order valence-corrected chi connectivity index (χ0v) is 13.8. The Balaban J connectivity index is 2.27. The van der Waals surface area contributed by atoms with E-state index < -0.39 is 23.7 Å². The molecule has 0 aromatic rings. The summed E-state index contributed by atoms with van der Waals surface area (Å²) in [6.45, 7) is 15.8. The van der Waals surface area contributed by atoms with Crippen LogP contribution in [0.15, 0.2) is 47.7 Å². The van der Waals surface area contributed by atoms with Crippen LogP contribution in [0.3, 0.4) is 0 Å². The minimum atomic E-state index is -0.741. The number of rotatable bonds is 3.